The van der Waals surface area contributed by atoms with Crippen LogP contribution in [0.5, 0.6) is 11.5 Å². The van der Waals surface area contributed by atoms with Crippen molar-refractivity contribution in [2.24, 2.45) is 0 Å². The number of rotatable bonds is 7. The van der Waals surface area contributed by atoms with Gasteiger partial charge < -0.3 is 19.2 Å². The van der Waals surface area contributed by atoms with Crippen LogP contribution in [0.2, 0.25) is 0 Å². The molecule has 1 heterocycles. The first-order valence-electron chi connectivity index (χ1n) is 7.49. The van der Waals surface area contributed by atoms with Gasteiger partial charge in [0.05, 0.1) is 29.9 Å². The molecule has 0 aliphatic carbocycles. The van der Waals surface area contributed by atoms with E-state index in [1.54, 1.807) is 14.2 Å². The fourth-order valence-electron chi connectivity index (χ4n) is 2.22. The number of halogens is 2. The Kier molecular flexibility index (Phi) is 6.74. The molecule has 0 spiro atoms. The van der Waals surface area contributed by atoms with Gasteiger partial charge in [-0.15, -0.1) is 0 Å². The molecule has 2 rings (SSSR count). The van der Waals surface area contributed by atoms with Crippen molar-refractivity contribution in [2.75, 3.05) is 20.8 Å². The van der Waals surface area contributed by atoms with Gasteiger partial charge in [0, 0.05) is 5.56 Å². The molecule has 1 aromatic carbocycles. The molecule has 0 aliphatic heterocycles. The summed E-state index contributed by atoms with van der Waals surface area (Å²) in [5.74, 6) is 0.869. The van der Waals surface area contributed by atoms with E-state index in [-0.39, 0.29) is 5.97 Å². The van der Waals surface area contributed by atoms with E-state index in [4.69, 9.17) is 14.2 Å². The van der Waals surface area contributed by atoms with Gasteiger partial charge in [-0.05, 0) is 56.0 Å². The Hall–Kier alpha value is -1.47. The molecule has 0 saturated heterocycles. The van der Waals surface area contributed by atoms with E-state index in [9.17, 15) is 4.79 Å². The zero-order valence-electron chi connectivity index (χ0n) is 13.7. The highest BCUT2D eigenvalue weighted by Gasteiger charge is 2.22. The van der Waals surface area contributed by atoms with Gasteiger partial charge in [-0.1, -0.05) is 19.4 Å². The number of hydrogen-bond acceptors (Lipinski definition) is 4. The summed E-state index contributed by atoms with van der Waals surface area (Å²) in [7, 11) is 3.17. The molecule has 0 fully saturated rings. The molecule has 2 aromatic rings. The van der Waals surface area contributed by atoms with E-state index < -0.39 is 0 Å². The van der Waals surface area contributed by atoms with Gasteiger partial charge in [-0.2, -0.15) is 0 Å². The summed E-state index contributed by atoms with van der Waals surface area (Å²) in [5.41, 5.74) is 2.07. The molecule has 0 bridgehead atoms. The summed E-state index contributed by atoms with van der Waals surface area (Å²) in [6.07, 6.45) is 1.81. The van der Waals surface area contributed by atoms with Crippen LogP contribution in [0.15, 0.2) is 27.3 Å². The van der Waals surface area contributed by atoms with Crippen LogP contribution >= 0.6 is 31.9 Å². The lowest BCUT2D eigenvalue weighted by Gasteiger charge is -2.09. The maximum atomic E-state index is 12.2. The lowest BCUT2D eigenvalue weighted by molar-refractivity contribution is 0.0492. The maximum Gasteiger partial charge on any atom is 0.355 e. The zero-order chi connectivity index (χ0) is 17.7. The summed E-state index contributed by atoms with van der Waals surface area (Å²) >= 11 is 6.97. The fraction of sp³-hybridized carbons (Fsp3) is 0.353. The second-order valence-corrected chi connectivity index (χ2v) is 6.65. The van der Waals surface area contributed by atoms with Gasteiger partial charge in [0.1, 0.15) is 5.69 Å². The number of unbranched alkanes of at least 4 members (excludes halogenated alkanes) is 1. The van der Waals surface area contributed by atoms with Crippen LogP contribution in [0.1, 0.15) is 30.3 Å². The number of ether oxygens (including phenoxy) is 3. The largest absolute Gasteiger partial charge is 0.493 e. The van der Waals surface area contributed by atoms with E-state index >= 15 is 0 Å². The van der Waals surface area contributed by atoms with Gasteiger partial charge in [0.2, 0.25) is 0 Å². The Morgan fingerprint density at radius 2 is 1.88 bits per heavy atom. The first-order chi connectivity index (χ1) is 11.5. The summed E-state index contributed by atoms with van der Waals surface area (Å²) in [6, 6.07) is 5.56. The quantitative estimate of drug-likeness (QED) is 0.456. The number of H-pyrrole nitrogens is 1. The minimum atomic E-state index is -0.386. The standard InChI is InChI=1S/C17H19Br2NO4/c1-4-5-8-24-17(21)15-14(18)13(16(19)20-15)10-6-7-11(22-2)12(9-10)23-3/h6-7,9,20H,4-5,8H2,1-3H3. The SMILES string of the molecule is CCCCOC(=O)c1[nH]c(Br)c(-c2ccc(OC)c(OC)c2)c1Br. The van der Waals surface area contributed by atoms with Crippen molar-refractivity contribution >= 4 is 37.8 Å². The second kappa shape index (κ2) is 8.58. The lowest BCUT2D eigenvalue weighted by Crippen LogP contribution is -2.07. The van der Waals surface area contributed by atoms with E-state index in [1.807, 2.05) is 25.1 Å². The molecule has 0 saturated carbocycles. The first-order valence-corrected chi connectivity index (χ1v) is 9.08. The number of hydrogen-bond donors (Lipinski definition) is 1. The average molecular weight is 461 g/mol. The van der Waals surface area contributed by atoms with Crippen LogP contribution in [-0.4, -0.2) is 31.8 Å². The number of esters is 1. The molecular weight excluding hydrogens is 442 g/mol. The van der Waals surface area contributed by atoms with Crippen LogP contribution in [0.3, 0.4) is 0 Å². The highest BCUT2D eigenvalue weighted by Crippen LogP contribution is 2.41. The summed E-state index contributed by atoms with van der Waals surface area (Å²) in [4.78, 5) is 15.2. The molecular formula is C17H19Br2NO4. The van der Waals surface area contributed by atoms with Crippen molar-refractivity contribution in [3.63, 3.8) is 0 Å². The molecule has 0 radical (unpaired) electrons. The molecule has 0 aliphatic rings. The van der Waals surface area contributed by atoms with Crippen LogP contribution in [-0.2, 0) is 4.74 Å². The zero-order valence-corrected chi connectivity index (χ0v) is 16.9. The summed E-state index contributed by atoms with van der Waals surface area (Å²) < 4.78 is 17.2. The van der Waals surface area contributed by atoms with Crippen LogP contribution < -0.4 is 9.47 Å². The van der Waals surface area contributed by atoms with Crippen molar-refractivity contribution in [3.05, 3.63) is 33.0 Å². The Bertz CT molecular complexity index is 728. The minimum absolute atomic E-state index is 0.378. The monoisotopic (exact) mass is 459 g/mol. The summed E-state index contributed by atoms with van der Waals surface area (Å²) in [6.45, 7) is 2.45. The minimum Gasteiger partial charge on any atom is -0.493 e. The Labute approximate surface area is 157 Å². The van der Waals surface area contributed by atoms with Crippen LogP contribution in [0, 0.1) is 0 Å². The van der Waals surface area contributed by atoms with E-state index in [0.717, 1.165) is 24.0 Å². The van der Waals surface area contributed by atoms with Crippen molar-refractivity contribution in [1.82, 2.24) is 4.98 Å². The first kappa shape index (κ1) is 18.9. The Morgan fingerprint density at radius 1 is 1.17 bits per heavy atom. The highest BCUT2D eigenvalue weighted by atomic mass is 79.9. The predicted octanol–water partition coefficient (Wildman–Crippen LogP) is 5.18. The molecule has 0 unspecified atom stereocenters. The van der Waals surface area contributed by atoms with Crippen LogP contribution in [0.25, 0.3) is 11.1 Å². The predicted molar refractivity (Wildman–Crippen MR) is 99.9 cm³/mol. The van der Waals surface area contributed by atoms with Gasteiger partial charge in [0.25, 0.3) is 0 Å². The highest BCUT2D eigenvalue weighted by molar-refractivity contribution is 9.11. The second-order valence-electron chi connectivity index (χ2n) is 5.06. The number of aromatic amines is 1. The number of aromatic nitrogens is 1. The van der Waals surface area contributed by atoms with Crippen molar-refractivity contribution in [3.8, 4) is 22.6 Å². The molecule has 1 aromatic heterocycles. The van der Waals surface area contributed by atoms with Crippen molar-refractivity contribution in [1.29, 1.82) is 0 Å². The number of benzene rings is 1. The van der Waals surface area contributed by atoms with Gasteiger partial charge in [0.15, 0.2) is 11.5 Å². The number of methoxy groups -OCH3 is 2. The molecule has 130 valence electrons. The molecule has 0 amide bonds. The third-order valence-electron chi connectivity index (χ3n) is 3.50. The van der Waals surface area contributed by atoms with Gasteiger partial charge in [-0.3, -0.25) is 0 Å². The number of carbonyl (C=O) groups excluding carboxylic acids is 1. The smallest absolute Gasteiger partial charge is 0.355 e. The molecule has 7 heteroatoms. The van der Waals surface area contributed by atoms with Gasteiger partial charge in [-0.25, -0.2) is 4.79 Å². The Balaban J connectivity index is 2.37. The lowest BCUT2D eigenvalue weighted by atomic mass is 10.1. The number of carbonyl (C=O) groups is 1. The topological polar surface area (TPSA) is 60.6 Å². The normalized spacial score (nSPS) is 10.5. The molecule has 1 N–H and O–H groups in total. The summed E-state index contributed by atoms with van der Waals surface area (Å²) in [5, 5.41) is 0. The molecule has 24 heavy (non-hydrogen) atoms. The molecule has 0 atom stereocenters. The van der Waals surface area contributed by atoms with E-state index in [1.165, 1.54) is 0 Å². The van der Waals surface area contributed by atoms with Crippen LogP contribution in [0.4, 0.5) is 0 Å². The van der Waals surface area contributed by atoms with E-state index in [0.29, 0.717) is 32.9 Å². The van der Waals surface area contributed by atoms with Gasteiger partial charge >= 0.3 is 5.97 Å². The van der Waals surface area contributed by atoms with E-state index in [2.05, 4.69) is 36.8 Å². The third kappa shape index (κ3) is 3.95. The molecule has 5 nitrogen and oxygen atoms in total. The number of nitrogens with one attached hydrogen (secondary N) is 1. The third-order valence-corrected chi connectivity index (χ3v) is 4.89. The van der Waals surface area contributed by atoms with Crippen molar-refractivity contribution < 1.29 is 19.0 Å². The average Bonchev–Trinajstić information content (AvgIpc) is 2.89. The fourth-order valence-corrected chi connectivity index (χ4v) is 3.80. The van der Waals surface area contributed by atoms with Crippen molar-refractivity contribution in [2.45, 2.75) is 19.8 Å². The Morgan fingerprint density at radius 3 is 2.50 bits per heavy atom. The maximum absolute atomic E-state index is 12.2.